The molecule has 0 aromatic carbocycles. The Morgan fingerprint density at radius 3 is 2.65 bits per heavy atom. The van der Waals surface area contributed by atoms with Gasteiger partial charge in [-0.15, -0.1) is 0 Å². The Balaban J connectivity index is 2.11. The van der Waals surface area contributed by atoms with Crippen LogP contribution in [0.1, 0.15) is 66.2 Å². The summed E-state index contributed by atoms with van der Waals surface area (Å²) in [6.07, 6.45) is 5.97. The van der Waals surface area contributed by atoms with Gasteiger partial charge in [-0.1, -0.05) is 50.2 Å². The van der Waals surface area contributed by atoms with Crippen molar-refractivity contribution in [3.63, 3.8) is 0 Å². The first-order valence-corrected chi connectivity index (χ1v) is 9.80. The van der Waals surface area contributed by atoms with Crippen molar-refractivity contribution >= 4 is 34.3 Å². The average molecular weight is 360 g/mol. The molecular weight excluding hydrogens is 330 g/mol. The molecule has 0 aromatic rings. The summed E-state index contributed by atoms with van der Waals surface area (Å²) in [5.41, 5.74) is 0. The predicted molar refractivity (Wildman–Crippen MR) is 98.7 cm³/mol. The molecular formula is C16H29N3O2S2. The standard InChI is InChI=1S/C16H29N3O2S2/c1-5-11(2)18-13(16(3,4)23-15(18)22)19(21)14(20)17-12-9-7-6-8-10-12/h11-13,21H,5-10H2,1-4H3,(H,17,20)/t11-,13+/m1/s1. The number of rotatable bonds is 4. The molecule has 23 heavy (non-hydrogen) atoms. The molecule has 0 spiro atoms. The van der Waals surface area contributed by atoms with E-state index in [0.29, 0.717) is 0 Å². The van der Waals surface area contributed by atoms with Crippen molar-refractivity contribution in [3.8, 4) is 0 Å². The molecule has 2 N–H and O–H groups in total. The number of carbonyl (C=O) groups excluding carboxylic acids is 1. The van der Waals surface area contributed by atoms with Crippen LogP contribution < -0.4 is 5.32 Å². The molecule has 2 aliphatic rings. The molecule has 1 aliphatic heterocycles. The first-order valence-electron chi connectivity index (χ1n) is 8.57. The maximum atomic E-state index is 12.5. The minimum absolute atomic E-state index is 0.173. The number of thiocarbonyl (C=S) groups is 1. The zero-order valence-corrected chi connectivity index (χ0v) is 16.2. The molecule has 7 heteroatoms. The van der Waals surface area contributed by atoms with Crippen molar-refractivity contribution in [1.82, 2.24) is 15.3 Å². The van der Waals surface area contributed by atoms with E-state index in [4.69, 9.17) is 12.2 Å². The lowest BCUT2D eigenvalue weighted by molar-refractivity contribution is -0.125. The Labute approximate surface area is 149 Å². The van der Waals surface area contributed by atoms with Gasteiger partial charge in [0.25, 0.3) is 0 Å². The lowest BCUT2D eigenvalue weighted by Crippen LogP contribution is -2.59. The molecule has 132 valence electrons. The number of hydrogen-bond acceptors (Lipinski definition) is 4. The van der Waals surface area contributed by atoms with Crippen LogP contribution in [0.25, 0.3) is 0 Å². The molecule has 2 amide bonds. The van der Waals surface area contributed by atoms with Crippen LogP contribution in [0.15, 0.2) is 0 Å². The third-order valence-electron chi connectivity index (χ3n) is 4.88. The zero-order chi connectivity index (χ0) is 17.2. The Kier molecular flexibility index (Phi) is 6.19. The summed E-state index contributed by atoms with van der Waals surface area (Å²) in [4.78, 5) is 14.5. The van der Waals surface area contributed by atoms with E-state index in [1.54, 1.807) is 11.8 Å². The van der Waals surface area contributed by atoms with Crippen molar-refractivity contribution in [2.24, 2.45) is 0 Å². The highest BCUT2D eigenvalue weighted by atomic mass is 32.2. The molecule has 5 nitrogen and oxygen atoms in total. The van der Waals surface area contributed by atoms with Crippen molar-refractivity contribution in [2.45, 2.75) is 89.2 Å². The van der Waals surface area contributed by atoms with Crippen LogP contribution in [0.2, 0.25) is 0 Å². The quantitative estimate of drug-likeness (QED) is 0.452. The normalized spacial score (nSPS) is 26.2. The molecule has 0 aromatic heterocycles. The van der Waals surface area contributed by atoms with Crippen molar-refractivity contribution in [2.75, 3.05) is 0 Å². The number of thioether (sulfide) groups is 1. The molecule has 2 rings (SSSR count). The largest absolute Gasteiger partial charge is 0.343 e. The van der Waals surface area contributed by atoms with Crippen LogP contribution in [0, 0.1) is 0 Å². The molecule has 1 saturated heterocycles. The minimum Gasteiger partial charge on any atom is -0.333 e. The number of carbonyl (C=O) groups is 1. The lowest BCUT2D eigenvalue weighted by Gasteiger charge is -2.40. The van der Waals surface area contributed by atoms with Gasteiger partial charge in [-0.25, -0.2) is 4.79 Å². The smallest absolute Gasteiger partial charge is 0.333 e. The highest BCUT2D eigenvalue weighted by Gasteiger charge is 2.50. The minimum atomic E-state index is -0.446. The second-order valence-corrected chi connectivity index (χ2v) is 9.43. The molecule has 1 heterocycles. The van der Waals surface area contributed by atoms with Crippen LogP contribution in [-0.4, -0.2) is 48.5 Å². The van der Waals surface area contributed by atoms with Gasteiger partial charge in [0, 0.05) is 12.1 Å². The second-order valence-electron chi connectivity index (χ2n) is 7.14. The SMILES string of the molecule is CC[C@@H](C)N1C(=S)SC(C)(C)[C@@H]1N(O)C(=O)NC1CCCCC1. The van der Waals surface area contributed by atoms with Gasteiger partial charge in [-0.3, -0.25) is 5.21 Å². The van der Waals surface area contributed by atoms with E-state index in [1.807, 2.05) is 18.7 Å². The van der Waals surface area contributed by atoms with Gasteiger partial charge in [0.05, 0.1) is 4.75 Å². The topological polar surface area (TPSA) is 55.8 Å². The molecule has 0 radical (unpaired) electrons. The summed E-state index contributed by atoms with van der Waals surface area (Å²) >= 11 is 7.05. The summed E-state index contributed by atoms with van der Waals surface area (Å²) < 4.78 is 0.401. The van der Waals surface area contributed by atoms with Crippen molar-refractivity contribution < 1.29 is 10.0 Å². The highest BCUT2D eigenvalue weighted by molar-refractivity contribution is 8.24. The number of nitrogens with zero attached hydrogens (tertiary/aromatic N) is 2. The van der Waals surface area contributed by atoms with Crippen LogP contribution in [0.4, 0.5) is 4.79 Å². The van der Waals surface area contributed by atoms with E-state index in [-0.39, 0.29) is 16.8 Å². The number of hydroxylamine groups is 2. The van der Waals surface area contributed by atoms with E-state index >= 15 is 0 Å². The Hall–Kier alpha value is -0.530. The summed E-state index contributed by atoms with van der Waals surface area (Å²) in [7, 11) is 0. The van der Waals surface area contributed by atoms with Crippen LogP contribution in [0.3, 0.4) is 0 Å². The van der Waals surface area contributed by atoms with Gasteiger partial charge < -0.3 is 10.2 Å². The first-order chi connectivity index (χ1) is 10.8. The Morgan fingerprint density at radius 1 is 1.48 bits per heavy atom. The van der Waals surface area contributed by atoms with Crippen LogP contribution in [0.5, 0.6) is 0 Å². The van der Waals surface area contributed by atoms with Crippen LogP contribution in [-0.2, 0) is 0 Å². The predicted octanol–water partition coefficient (Wildman–Crippen LogP) is 3.96. The third kappa shape index (κ3) is 4.12. The second kappa shape index (κ2) is 7.57. The lowest BCUT2D eigenvalue weighted by atomic mass is 9.96. The molecule has 0 bridgehead atoms. The van der Waals surface area contributed by atoms with E-state index in [1.165, 1.54) is 6.42 Å². The number of urea groups is 1. The summed E-state index contributed by atoms with van der Waals surface area (Å²) in [6, 6.07) is -0.0560. The third-order valence-corrected chi connectivity index (χ3v) is 6.47. The van der Waals surface area contributed by atoms with Gasteiger partial charge in [-0.2, -0.15) is 5.06 Å². The van der Waals surface area contributed by atoms with E-state index < -0.39 is 12.2 Å². The molecule has 2 fully saturated rings. The van der Waals surface area contributed by atoms with Gasteiger partial charge in [-0.05, 0) is 40.0 Å². The van der Waals surface area contributed by atoms with Gasteiger partial charge >= 0.3 is 6.03 Å². The van der Waals surface area contributed by atoms with E-state index in [2.05, 4.69) is 19.2 Å². The Bertz CT molecular complexity index is 453. The molecule has 1 saturated carbocycles. The van der Waals surface area contributed by atoms with E-state index in [0.717, 1.165) is 41.5 Å². The van der Waals surface area contributed by atoms with Gasteiger partial charge in [0.1, 0.15) is 10.5 Å². The maximum absolute atomic E-state index is 12.5. The summed E-state index contributed by atoms with van der Waals surface area (Å²) in [5, 5.41) is 14.5. The maximum Gasteiger partial charge on any atom is 0.343 e. The Morgan fingerprint density at radius 2 is 2.09 bits per heavy atom. The average Bonchev–Trinajstić information content (AvgIpc) is 2.75. The molecule has 0 unspecified atom stereocenters. The van der Waals surface area contributed by atoms with Crippen molar-refractivity contribution in [3.05, 3.63) is 0 Å². The fourth-order valence-electron chi connectivity index (χ4n) is 3.39. The highest BCUT2D eigenvalue weighted by Crippen LogP contribution is 2.43. The van der Waals surface area contributed by atoms with Crippen molar-refractivity contribution in [1.29, 1.82) is 0 Å². The monoisotopic (exact) mass is 359 g/mol. The fourth-order valence-corrected chi connectivity index (χ4v) is 5.47. The molecule has 2 atom stereocenters. The molecule has 1 aliphatic carbocycles. The summed E-state index contributed by atoms with van der Waals surface area (Å²) in [6.45, 7) is 8.21. The number of nitrogens with one attached hydrogen (secondary N) is 1. The van der Waals surface area contributed by atoms with Crippen LogP contribution >= 0.6 is 24.0 Å². The van der Waals surface area contributed by atoms with E-state index in [9.17, 15) is 10.0 Å². The summed E-state index contributed by atoms with van der Waals surface area (Å²) in [5.74, 6) is 0. The van der Waals surface area contributed by atoms with Gasteiger partial charge in [0.15, 0.2) is 0 Å². The number of amides is 2. The zero-order valence-electron chi connectivity index (χ0n) is 14.5. The fraction of sp³-hybridized carbons (Fsp3) is 0.875. The first kappa shape index (κ1) is 18.8. The van der Waals surface area contributed by atoms with Gasteiger partial charge in [0.2, 0.25) is 0 Å². The number of hydrogen-bond donors (Lipinski definition) is 2.